The third-order valence-electron chi connectivity index (χ3n) is 6.46. The summed E-state index contributed by atoms with van der Waals surface area (Å²) in [5.74, 6) is -4.52. The van der Waals surface area contributed by atoms with Gasteiger partial charge in [-0.15, -0.1) is 0 Å². The van der Waals surface area contributed by atoms with E-state index in [1.54, 1.807) is 0 Å². The zero-order valence-corrected chi connectivity index (χ0v) is 17.7. The molecule has 2 fully saturated rings. The molecule has 2 heterocycles. The summed E-state index contributed by atoms with van der Waals surface area (Å²) in [6.07, 6.45) is -3.68. The lowest BCUT2D eigenvalue weighted by molar-refractivity contribution is -0.144. The first-order valence-corrected chi connectivity index (χ1v) is 11.0. The van der Waals surface area contributed by atoms with Crippen molar-refractivity contribution in [2.24, 2.45) is 17.6 Å². The predicted molar refractivity (Wildman–Crippen MR) is 106 cm³/mol. The third-order valence-corrected chi connectivity index (χ3v) is 6.46. The molecule has 182 valence electrons. The number of nitrogens with zero attached hydrogens (tertiary/aromatic N) is 3. The number of hydrogen-bond donors (Lipinski definition) is 2. The minimum atomic E-state index is -4.43. The van der Waals surface area contributed by atoms with Crippen LogP contribution in [-0.4, -0.2) is 32.6 Å². The van der Waals surface area contributed by atoms with Crippen molar-refractivity contribution in [2.45, 2.75) is 75.5 Å². The van der Waals surface area contributed by atoms with E-state index in [0.717, 1.165) is 17.4 Å². The van der Waals surface area contributed by atoms with Crippen molar-refractivity contribution in [3.8, 4) is 0 Å². The highest BCUT2D eigenvalue weighted by Crippen LogP contribution is 2.42. The highest BCUT2D eigenvalue weighted by Gasteiger charge is 2.39. The number of halogens is 6. The Morgan fingerprint density at radius 3 is 2.48 bits per heavy atom. The number of carbonyl (C=O) groups is 1. The first-order chi connectivity index (χ1) is 15.4. The number of amides is 1. The molecule has 0 unspecified atom stereocenters. The van der Waals surface area contributed by atoms with Gasteiger partial charge in [-0.3, -0.25) is 4.79 Å². The molecule has 0 bridgehead atoms. The quantitative estimate of drug-likeness (QED) is 0.571. The first kappa shape index (κ1) is 23.8. The summed E-state index contributed by atoms with van der Waals surface area (Å²) in [4.78, 5) is 16.3. The molecule has 2 saturated carbocycles. The van der Waals surface area contributed by atoms with Crippen molar-refractivity contribution >= 4 is 11.6 Å². The van der Waals surface area contributed by atoms with E-state index in [0.29, 0.717) is 5.56 Å². The van der Waals surface area contributed by atoms with Crippen LogP contribution in [0.5, 0.6) is 0 Å². The van der Waals surface area contributed by atoms with Crippen LogP contribution in [0.3, 0.4) is 0 Å². The Kier molecular flexibility index (Phi) is 6.32. The fourth-order valence-electron chi connectivity index (χ4n) is 4.37. The minimum absolute atomic E-state index is 0.0505. The Morgan fingerprint density at radius 1 is 1.21 bits per heavy atom. The molecule has 2 aromatic heterocycles. The standard InChI is InChI=1S/C21H25F6N5O/c22-19-18(16(28)11-3-6-20(23,24)7-4-11)30-14-9-13(10-29-32(14)19)17(12-1-2-12)31-15(33)5-8-21(25,26)27/h9-12,16-17H,1-8,28H2,(H,31,33)/t16-,17+/m0/s1. The van der Waals surface area contributed by atoms with E-state index in [1.807, 2.05) is 0 Å². The zero-order chi connectivity index (χ0) is 24.0. The molecule has 6 nitrogen and oxygen atoms in total. The van der Waals surface area contributed by atoms with E-state index >= 15 is 0 Å². The Balaban J connectivity index is 1.52. The zero-order valence-electron chi connectivity index (χ0n) is 17.7. The molecule has 2 aliphatic rings. The number of hydrogen-bond acceptors (Lipinski definition) is 4. The molecule has 2 aromatic rings. The van der Waals surface area contributed by atoms with Gasteiger partial charge < -0.3 is 11.1 Å². The molecule has 0 radical (unpaired) electrons. The minimum Gasteiger partial charge on any atom is -0.349 e. The summed E-state index contributed by atoms with van der Waals surface area (Å²) in [5, 5.41) is 6.68. The van der Waals surface area contributed by atoms with Crippen LogP contribution >= 0.6 is 0 Å². The van der Waals surface area contributed by atoms with Crippen LogP contribution < -0.4 is 11.1 Å². The van der Waals surface area contributed by atoms with E-state index in [2.05, 4.69) is 15.4 Å². The molecular formula is C21H25F6N5O. The first-order valence-electron chi connectivity index (χ1n) is 11.0. The number of aromatic nitrogens is 3. The van der Waals surface area contributed by atoms with Crippen LogP contribution in [0.15, 0.2) is 12.3 Å². The van der Waals surface area contributed by atoms with E-state index < -0.39 is 48.9 Å². The summed E-state index contributed by atoms with van der Waals surface area (Å²) < 4.78 is 80.0. The van der Waals surface area contributed by atoms with Gasteiger partial charge in [0.15, 0.2) is 5.65 Å². The van der Waals surface area contributed by atoms with Crippen molar-refractivity contribution in [1.29, 1.82) is 0 Å². The SMILES string of the molecule is N[C@H](c1nc2cc([C@H](NC(=O)CCC(F)(F)F)C3CC3)cnn2c1F)C1CCC(F)(F)CC1. The maximum Gasteiger partial charge on any atom is 0.389 e. The van der Waals surface area contributed by atoms with E-state index in [4.69, 9.17) is 5.73 Å². The molecule has 2 aliphatic carbocycles. The van der Waals surface area contributed by atoms with E-state index in [9.17, 15) is 31.1 Å². The molecule has 0 aromatic carbocycles. The van der Waals surface area contributed by atoms with Gasteiger partial charge in [-0.1, -0.05) is 0 Å². The number of imidazole rings is 1. The van der Waals surface area contributed by atoms with Crippen LogP contribution in [0.25, 0.3) is 5.65 Å². The molecule has 0 spiro atoms. The van der Waals surface area contributed by atoms with Gasteiger partial charge in [0.05, 0.1) is 24.7 Å². The normalized spacial score (nSPS) is 21.2. The van der Waals surface area contributed by atoms with Gasteiger partial charge in [0.2, 0.25) is 17.8 Å². The Hall–Kier alpha value is -2.37. The van der Waals surface area contributed by atoms with Crippen molar-refractivity contribution in [3.05, 3.63) is 29.5 Å². The monoisotopic (exact) mass is 477 g/mol. The summed E-state index contributed by atoms with van der Waals surface area (Å²) in [5.41, 5.74) is 6.75. The average molecular weight is 477 g/mol. The van der Waals surface area contributed by atoms with Crippen molar-refractivity contribution < 1.29 is 31.1 Å². The summed E-state index contributed by atoms with van der Waals surface area (Å²) in [6.45, 7) is 0. The summed E-state index contributed by atoms with van der Waals surface area (Å²) >= 11 is 0. The van der Waals surface area contributed by atoms with Crippen LogP contribution in [0.2, 0.25) is 0 Å². The lowest BCUT2D eigenvalue weighted by Gasteiger charge is -2.31. The number of alkyl halides is 5. The maximum absolute atomic E-state index is 14.9. The average Bonchev–Trinajstić information content (AvgIpc) is 3.53. The van der Waals surface area contributed by atoms with Gasteiger partial charge in [-0.25, -0.2) is 13.8 Å². The molecule has 2 atom stereocenters. The number of rotatable bonds is 7. The van der Waals surface area contributed by atoms with E-state index in [1.165, 1.54) is 12.3 Å². The van der Waals surface area contributed by atoms with Crippen LogP contribution in [0.1, 0.15) is 74.7 Å². The second kappa shape index (κ2) is 8.77. The van der Waals surface area contributed by atoms with Crippen molar-refractivity contribution in [1.82, 2.24) is 19.9 Å². The van der Waals surface area contributed by atoms with Crippen molar-refractivity contribution in [2.75, 3.05) is 0 Å². The summed E-state index contributed by atoms with van der Waals surface area (Å²) in [7, 11) is 0. The topological polar surface area (TPSA) is 85.3 Å². The van der Waals surface area contributed by atoms with Gasteiger partial charge in [0, 0.05) is 19.3 Å². The van der Waals surface area contributed by atoms with Gasteiger partial charge in [0.25, 0.3) is 0 Å². The van der Waals surface area contributed by atoms with Crippen LogP contribution in [-0.2, 0) is 4.79 Å². The van der Waals surface area contributed by atoms with Crippen LogP contribution in [0.4, 0.5) is 26.3 Å². The maximum atomic E-state index is 14.9. The molecule has 33 heavy (non-hydrogen) atoms. The molecule has 12 heteroatoms. The smallest absolute Gasteiger partial charge is 0.349 e. The highest BCUT2D eigenvalue weighted by atomic mass is 19.4. The second-order valence-electron chi connectivity index (χ2n) is 9.06. The largest absolute Gasteiger partial charge is 0.389 e. The Bertz CT molecular complexity index is 1010. The van der Waals surface area contributed by atoms with Gasteiger partial charge in [-0.05, 0) is 49.1 Å². The number of fused-ring (bicyclic) bond motifs is 1. The molecule has 3 N–H and O–H groups in total. The summed E-state index contributed by atoms with van der Waals surface area (Å²) in [6, 6.07) is 0.0992. The fraction of sp³-hybridized carbons (Fsp3) is 0.667. The molecule has 1 amide bonds. The molecular weight excluding hydrogens is 452 g/mol. The fourth-order valence-corrected chi connectivity index (χ4v) is 4.37. The van der Waals surface area contributed by atoms with Crippen molar-refractivity contribution in [3.63, 3.8) is 0 Å². The third kappa shape index (κ3) is 5.59. The lowest BCUT2D eigenvalue weighted by atomic mass is 9.81. The number of nitrogens with two attached hydrogens (primary N) is 1. The Labute approximate surface area is 185 Å². The lowest BCUT2D eigenvalue weighted by Crippen LogP contribution is -2.31. The Morgan fingerprint density at radius 2 is 1.88 bits per heavy atom. The molecule has 0 saturated heterocycles. The van der Waals surface area contributed by atoms with Gasteiger partial charge in [0.1, 0.15) is 5.69 Å². The highest BCUT2D eigenvalue weighted by molar-refractivity contribution is 5.76. The number of nitrogens with one attached hydrogen (secondary N) is 1. The van der Waals surface area contributed by atoms with Crippen LogP contribution in [0, 0.1) is 17.8 Å². The van der Waals surface area contributed by atoms with Gasteiger partial charge >= 0.3 is 6.18 Å². The molecule has 0 aliphatic heterocycles. The van der Waals surface area contributed by atoms with E-state index in [-0.39, 0.29) is 48.9 Å². The van der Waals surface area contributed by atoms with Gasteiger partial charge in [-0.2, -0.15) is 27.2 Å². The molecule has 4 rings (SSSR count). The number of carbonyl (C=O) groups excluding carboxylic acids is 1. The second-order valence-corrected chi connectivity index (χ2v) is 9.06. The predicted octanol–water partition coefficient (Wildman–Crippen LogP) is 4.60.